The third-order valence-electron chi connectivity index (χ3n) is 9.68. The van der Waals surface area contributed by atoms with E-state index >= 15 is 0 Å². The molecule has 45 heavy (non-hydrogen) atoms. The highest BCUT2D eigenvalue weighted by molar-refractivity contribution is 5.86. The van der Waals surface area contributed by atoms with Gasteiger partial charge in [0.05, 0.1) is 19.3 Å². The summed E-state index contributed by atoms with van der Waals surface area (Å²) in [4.78, 5) is 12.1. The average Bonchev–Trinajstić information content (AvgIpc) is 3.03. The molecule has 5 heteroatoms. The van der Waals surface area contributed by atoms with Crippen LogP contribution in [-0.2, 0) is 22.4 Å². The molecule has 2 aromatic rings. The molecule has 0 spiro atoms. The number of aryl methyl sites for hydroxylation is 1. The molecule has 3 rings (SSSR count). The number of unbranched alkanes of at least 4 members (excludes halogenated alkanes) is 2. The van der Waals surface area contributed by atoms with Gasteiger partial charge in [0.2, 0.25) is 0 Å². The van der Waals surface area contributed by atoms with E-state index in [2.05, 4.69) is 50.8 Å². The first-order chi connectivity index (χ1) is 21.5. The van der Waals surface area contributed by atoms with Crippen LogP contribution in [0.25, 0.3) is 11.1 Å². The van der Waals surface area contributed by atoms with Crippen LogP contribution in [0.1, 0.15) is 122 Å². The van der Waals surface area contributed by atoms with Crippen LogP contribution in [0.15, 0.2) is 48.6 Å². The number of rotatable bonds is 17. The van der Waals surface area contributed by atoms with Gasteiger partial charge in [-0.3, -0.25) is 0 Å². The first-order valence-electron chi connectivity index (χ1n) is 17.5. The Balaban J connectivity index is 1.77. The van der Waals surface area contributed by atoms with Crippen LogP contribution < -0.4 is 4.74 Å². The molecular weight excluding hydrogens is 560 g/mol. The molecule has 2 atom stereocenters. The van der Waals surface area contributed by atoms with E-state index in [1.807, 2.05) is 26.8 Å². The summed E-state index contributed by atoms with van der Waals surface area (Å²) in [6.07, 6.45) is 12.1. The number of hydrogen-bond acceptors (Lipinski definition) is 5. The molecule has 1 aliphatic carbocycles. The summed E-state index contributed by atoms with van der Waals surface area (Å²) in [6.45, 7) is 16.3. The van der Waals surface area contributed by atoms with Crippen molar-refractivity contribution in [2.75, 3.05) is 19.8 Å². The minimum atomic E-state index is -0.634. The summed E-state index contributed by atoms with van der Waals surface area (Å²) in [5.74, 6) is 1.63. The van der Waals surface area contributed by atoms with Gasteiger partial charge in [0.1, 0.15) is 5.75 Å². The second kappa shape index (κ2) is 17.9. The fraction of sp³-hybridized carbons (Fsp3) is 0.625. The zero-order valence-electron chi connectivity index (χ0n) is 29.0. The number of aliphatic hydroxyl groups excluding tert-OH is 2. The highest BCUT2D eigenvalue weighted by atomic mass is 16.5. The number of carbonyl (C=O) groups is 1. The second-order valence-corrected chi connectivity index (χ2v) is 14.4. The van der Waals surface area contributed by atoms with Gasteiger partial charge in [-0.1, -0.05) is 91.1 Å². The van der Waals surface area contributed by atoms with E-state index in [0.717, 1.165) is 29.2 Å². The van der Waals surface area contributed by atoms with Crippen molar-refractivity contribution in [2.45, 2.75) is 124 Å². The van der Waals surface area contributed by atoms with Gasteiger partial charge in [0.15, 0.2) is 0 Å². The molecule has 0 aliphatic heterocycles. The van der Waals surface area contributed by atoms with Gasteiger partial charge in [0.25, 0.3) is 0 Å². The molecule has 250 valence electrons. The number of aliphatic hydroxyl groups is 2. The summed E-state index contributed by atoms with van der Waals surface area (Å²) in [5.41, 5.74) is 6.21. The van der Waals surface area contributed by atoms with E-state index in [0.29, 0.717) is 30.9 Å². The Bertz CT molecular complexity index is 1220. The Kier molecular flexibility index (Phi) is 14.7. The van der Waals surface area contributed by atoms with E-state index in [1.54, 1.807) is 6.92 Å². The van der Waals surface area contributed by atoms with Gasteiger partial charge in [0, 0.05) is 24.5 Å². The molecule has 0 radical (unpaired) electrons. The molecule has 0 aromatic heterocycles. The highest BCUT2D eigenvalue weighted by Gasteiger charge is 2.30. The molecule has 0 saturated heterocycles. The number of benzene rings is 2. The van der Waals surface area contributed by atoms with Crippen molar-refractivity contribution in [3.63, 3.8) is 0 Å². The van der Waals surface area contributed by atoms with Crippen molar-refractivity contribution < 1.29 is 24.5 Å². The van der Waals surface area contributed by atoms with E-state index in [1.165, 1.54) is 68.1 Å². The van der Waals surface area contributed by atoms with Crippen molar-refractivity contribution in [3.8, 4) is 16.9 Å². The predicted octanol–water partition coefficient (Wildman–Crippen LogP) is 9.22. The fourth-order valence-electron chi connectivity index (χ4n) is 6.75. The Morgan fingerprint density at radius 2 is 1.73 bits per heavy atom. The summed E-state index contributed by atoms with van der Waals surface area (Å²) >= 11 is 0. The predicted molar refractivity (Wildman–Crippen MR) is 186 cm³/mol. The Morgan fingerprint density at radius 1 is 1.00 bits per heavy atom. The zero-order valence-corrected chi connectivity index (χ0v) is 29.0. The first-order valence-corrected chi connectivity index (χ1v) is 17.5. The van der Waals surface area contributed by atoms with Gasteiger partial charge >= 0.3 is 5.97 Å². The van der Waals surface area contributed by atoms with E-state index in [4.69, 9.17) is 9.47 Å². The van der Waals surface area contributed by atoms with Gasteiger partial charge in [-0.15, -0.1) is 0 Å². The lowest BCUT2D eigenvalue weighted by Crippen LogP contribution is -2.36. The molecule has 0 bridgehead atoms. The second-order valence-electron chi connectivity index (χ2n) is 14.4. The van der Waals surface area contributed by atoms with Crippen LogP contribution in [0.2, 0.25) is 0 Å². The van der Waals surface area contributed by atoms with Crippen molar-refractivity contribution in [3.05, 3.63) is 65.2 Å². The Hall–Kier alpha value is -2.63. The molecule has 0 amide bonds. The lowest BCUT2D eigenvalue weighted by Gasteiger charge is -2.32. The molecule has 1 fully saturated rings. The fourth-order valence-corrected chi connectivity index (χ4v) is 6.75. The van der Waals surface area contributed by atoms with Gasteiger partial charge < -0.3 is 19.7 Å². The maximum Gasteiger partial charge on any atom is 0.333 e. The van der Waals surface area contributed by atoms with E-state index in [9.17, 15) is 15.0 Å². The van der Waals surface area contributed by atoms with Crippen LogP contribution in [0.4, 0.5) is 0 Å². The van der Waals surface area contributed by atoms with Crippen molar-refractivity contribution in [1.29, 1.82) is 0 Å². The van der Waals surface area contributed by atoms with Crippen molar-refractivity contribution in [2.24, 2.45) is 17.3 Å². The minimum Gasteiger partial charge on any atom is -0.493 e. The molecule has 0 heterocycles. The van der Waals surface area contributed by atoms with E-state index < -0.39 is 12.1 Å². The molecule has 5 nitrogen and oxygen atoms in total. The van der Waals surface area contributed by atoms with Crippen molar-refractivity contribution in [1.82, 2.24) is 0 Å². The maximum absolute atomic E-state index is 12.1. The van der Waals surface area contributed by atoms with Crippen LogP contribution in [-0.4, -0.2) is 42.1 Å². The van der Waals surface area contributed by atoms with Gasteiger partial charge in [-0.25, -0.2) is 4.79 Å². The monoisotopic (exact) mass is 620 g/mol. The lowest BCUT2D eigenvalue weighted by molar-refractivity contribution is -0.138. The molecule has 2 N–H and O–H groups in total. The number of esters is 1. The first kappa shape index (κ1) is 36.8. The Labute approximate surface area is 273 Å². The van der Waals surface area contributed by atoms with Gasteiger partial charge in [-0.05, 0) is 103 Å². The summed E-state index contributed by atoms with van der Waals surface area (Å²) in [6, 6.07) is 13.3. The molecule has 1 aliphatic rings. The molecular formula is C40H60O5. The van der Waals surface area contributed by atoms with E-state index in [-0.39, 0.29) is 24.5 Å². The lowest BCUT2D eigenvalue weighted by atomic mass is 9.76. The number of hydrogen-bond donors (Lipinski definition) is 2. The molecule has 1 saturated carbocycles. The maximum atomic E-state index is 12.1. The number of carbonyl (C=O) groups excluding carboxylic acids is 1. The summed E-state index contributed by atoms with van der Waals surface area (Å²) in [7, 11) is 0. The standard InChI is InChI=1S/C40H60O5/c1-8-10-11-12-29-13-15-31(16-14-29)32-17-19-36(30(9-2)25-32)33-18-20-37(34(26-33)21-24-45-39(43)28(3)4)44-23-22-35(27-41)38(42)40(5,6)7/h17-20,25-26,29,31,35,38,41-42H,3,8-16,21-24,27H2,1-2,4-7H3. The third kappa shape index (κ3) is 11.0. The van der Waals surface area contributed by atoms with Crippen LogP contribution >= 0.6 is 0 Å². The van der Waals surface area contributed by atoms with Crippen molar-refractivity contribution >= 4 is 5.97 Å². The van der Waals surface area contributed by atoms with Gasteiger partial charge in [-0.2, -0.15) is 0 Å². The molecule has 2 aromatic carbocycles. The normalized spacial score (nSPS) is 18.3. The number of ether oxygens (including phenoxy) is 2. The van der Waals surface area contributed by atoms with Crippen LogP contribution in [0.5, 0.6) is 5.75 Å². The minimum absolute atomic E-state index is 0.0966. The third-order valence-corrected chi connectivity index (χ3v) is 9.68. The smallest absolute Gasteiger partial charge is 0.333 e. The topological polar surface area (TPSA) is 76.0 Å². The largest absolute Gasteiger partial charge is 0.493 e. The zero-order chi connectivity index (χ0) is 33.0. The Morgan fingerprint density at radius 3 is 2.36 bits per heavy atom. The van der Waals surface area contributed by atoms with Crippen LogP contribution in [0, 0.1) is 17.3 Å². The quantitative estimate of drug-likeness (QED) is 0.105. The SMILES string of the molecule is C=C(C)C(=O)OCCc1cc(-c2ccc(C3CCC(CCCCC)CC3)cc2CC)ccc1OCCC(CO)C(O)C(C)(C)C. The molecule has 2 unspecified atom stereocenters. The summed E-state index contributed by atoms with van der Waals surface area (Å²) in [5, 5.41) is 20.6. The average molecular weight is 621 g/mol. The highest BCUT2D eigenvalue weighted by Crippen LogP contribution is 2.40. The van der Waals surface area contributed by atoms with Crippen LogP contribution in [0.3, 0.4) is 0 Å². The summed E-state index contributed by atoms with van der Waals surface area (Å²) < 4.78 is 11.7.